The Morgan fingerprint density at radius 2 is 1.69 bits per heavy atom. The molecule has 0 bridgehead atoms. The van der Waals surface area contributed by atoms with Crippen molar-refractivity contribution >= 4 is 29.0 Å². The molecule has 0 saturated heterocycles. The number of hydrogen-bond donors (Lipinski definition) is 1. The number of nitrogens with zero attached hydrogens (tertiary/aromatic N) is 1. The number of esters is 1. The number of nitrogens with one attached hydrogen (secondary N) is 1. The van der Waals surface area contributed by atoms with Gasteiger partial charge in [-0.15, -0.1) is 0 Å². The highest BCUT2D eigenvalue weighted by Crippen LogP contribution is 2.43. The quantitative estimate of drug-likeness (QED) is 0.139. The van der Waals surface area contributed by atoms with E-state index in [0.29, 0.717) is 21.9 Å². The predicted octanol–water partition coefficient (Wildman–Crippen LogP) is 6.03. The predicted molar refractivity (Wildman–Crippen MR) is 120 cm³/mol. The summed E-state index contributed by atoms with van der Waals surface area (Å²) in [7, 11) is 2.80. The van der Waals surface area contributed by atoms with Crippen LogP contribution in [0.5, 0.6) is 11.5 Å². The number of halogens is 5. The van der Waals surface area contributed by atoms with Gasteiger partial charge in [0.2, 0.25) is 0 Å². The highest BCUT2D eigenvalue weighted by atomic mass is 35.5. The lowest BCUT2D eigenvalue weighted by atomic mass is 9.97. The molecule has 3 aromatic rings. The van der Waals surface area contributed by atoms with Gasteiger partial charge in [0.05, 0.1) is 19.9 Å². The highest BCUT2D eigenvalue weighted by molar-refractivity contribution is 6.30. The highest BCUT2D eigenvalue weighted by Gasteiger charge is 2.36. The molecule has 0 saturated carbocycles. The van der Waals surface area contributed by atoms with Gasteiger partial charge in [-0.2, -0.15) is 5.10 Å². The largest absolute Gasteiger partial charge is 0.493 e. The SMILES string of the molecule is COc1ccc2c(c1OC)C(=O)O[C@H]2C/C(=N/Nc1c(F)c(F)cc(F)c1F)c1ccc(Cl)cc1. The van der Waals surface area contributed by atoms with E-state index in [0.717, 1.165) is 0 Å². The van der Waals surface area contributed by atoms with Gasteiger partial charge in [-0.1, -0.05) is 29.8 Å². The van der Waals surface area contributed by atoms with Crippen LogP contribution in [0.25, 0.3) is 0 Å². The fraction of sp³-hybridized carbons (Fsp3) is 0.167. The van der Waals surface area contributed by atoms with Crippen LogP contribution in [0.2, 0.25) is 5.02 Å². The zero-order valence-electron chi connectivity index (χ0n) is 18.3. The Labute approximate surface area is 202 Å². The number of cyclic esters (lactones) is 1. The average Bonchev–Trinajstić information content (AvgIpc) is 3.17. The lowest BCUT2D eigenvalue weighted by molar-refractivity contribution is 0.0398. The van der Waals surface area contributed by atoms with Crippen LogP contribution >= 0.6 is 11.6 Å². The Bertz CT molecular complexity index is 1310. The zero-order valence-corrected chi connectivity index (χ0v) is 19.1. The van der Waals surface area contributed by atoms with Gasteiger partial charge in [0.1, 0.15) is 17.4 Å². The second-order valence-electron chi connectivity index (χ2n) is 7.38. The molecule has 3 aromatic carbocycles. The molecule has 11 heteroatoms. The van der Waals surface area contributed by atoms with Crippen molar-refractivity contribution in [3.63, 3.8) is 0 Å². The van der Waals surface area contributed by atoms with Crippen LogP contribution in [0.4, 0.5) is 23.2 Å². The Morgan fingerprint density at radius 1 is 1.03 bits per heavy atom. The lowest BCUT2D eigenvalue weighted by Crippen LogP contribution is -2.12. The molecule has 0 aliphatic carbocycles. The van der Waals surface area contributed by atoms with E-state index in [1.54, 1.807) is 36.4 Å². The van der Waals surface area contributed by atoms with Gasteiger partial charge in [-0.3, -0.25) is 5.43 Å². The fourth-order valence-corrected chi connectivity index (χ4v) is 3.79. The van der Waals surface area contributed by atoms with Crippen molar-refractivity contribution in [3.05, 3.63) is 87.4 Å². The summed E-state index contributed by atoms with van der Waals surface area (Å²) in [5.74, 6) is -6.59. The average molecular weight is 509 g/mol. The number of carbonyl (C=O) groups excluding carboxylic acids is 1. The van der Waals surface area contributed by atoms with Crippen LogP contribution in [0.3, 0.4) is 0 Å². The van der Waals surface area contributed by atoms with Crippen molar-refractivity contribution < 1.29 is 36.6 Å². The molecule has 0 fully saturated rings. The number of anilines is 1. The maximum absolute atomic E-state index is 14.1. The molecule has 1 heterocycles. The molecule has 0 amide bonds. The third kappa shape index (κ3) is 4.61. The number of benzene rings is 3. The normalized spacial score (nSPS) is 15.0. The van der Waals surface area contributed by atoms with E-state index in [1.165, 1.54) is 14.2 Å². The minimum atomic E-state index is -1.64. The first-order chi connectivity index (χ1) is 16.7. The van der Waals surface area contributed by atoms with E-state index >= 15 is 0 Å². The van der Waals surface area contributed by atoms with Gasteiger partial charge < -0.3 is 14.2 Å². The molecule has 0 radical (unpaired) electrons. The van der Waals surface area contributed by atoms with Gasteiger partial charge in [0.25, 0.3) is 0 Å². The molecular weight excluding hydrogens is 492 g/mol. The fourth-order valence-electron chi connectivity index (χ4n) is 3.66. The maximum atomic E-state index is 14.1. The standard InChI is InChI=1S/C24H17ClF4N2O4/c1-33-17-8-7-13-18(35-24(32)19(13)23(17)34-2)10-16(11-3-5-12(25)6-4-11)30-31-22-20(28)14(26)9-15(27)21(22)29/h3-9,18,31H,10H2,1-2H3/b30-16-/t18-/m0/s1. The molecule has 35 heavy (non-hydrogen) atoms. The second-order valence-corrected chi connectivity index (χ2v) is 7.82. The summed E-state index contributed by atoms with van der Waals surface area (Å²) in [4.78, 5) is 12.6. The maximum Gasteiger partial charge on any atom is 0.343 e. The molecule has 1 N–H and O–H groups in total. The Balaban J connectivity index is 1.74. The molecule has 0 spiro atoms. The van der Waals surface area contributed by atoms with Crippen molar-refractivity contribution in [2.24, 2.45) is 5.10 Å². The summed E-state index contributed by atoms with van der Waals surface area (Å²) in [5.41, 5.74) is 2.21. The van der Waals surface area contributed by atoms with Gasteiger partial charge in [0.15, 0.2) is 34.8 Å². The van der Waals surface area contributed by atoms with Gasteiger partial charge in [-0.25, -0.2) is 22.4 Å². The van der Waals surface area contributed by atoms with Gasteiger partial charge in [-0.05, 0) is 23.8 Å². The van der Waals surface area contributed by atoms with Crippen molar-refractivity contribution in [2.45, 2.75) is 12.5 Å². The van der Waals surface area contributed by atoms with Gasteiger partial charge >= 0.3 is 5.97 Å². The Hall–Kier alpha value is -3.79. The van der Waals surface area contributed by atoms with Crippen LogP contribution in [0.15, 0.2) is 47.6 Å². The first-order valence-corrected chi connectivity index (χ1v) is 10.5. The number of methoxy groups -OCH3 is 2. The van der Waals surface area contributed by atoms with Crippen molar-refractivity contribution in [2.75, 3.05) is 19.6 Å². The molecule has 0 aromatic heterocycles. The minimum Gasteiger partial charge on any atom is -0.493 e. The number of hydrazone groups is 1. The molecule has 1 aliphatic rings. The molecule has 6 nitrogen and oxygen atoms in total. The monoisotopic (exact) mass is 508 g/mol. The third-order valence-corrected chi connectivity index (χ3v) is 5.60. The Morgan fingerprint density at radius 3 is 2.29 bits per heavy atom. The third-order valence-electron chi connectivity index (χ3n) is 5.35. The van der Waals surface area contributed by atoms with E-state index < -0.39 is 41.0 Å². The van der Waals surface area contributed by atoms with Crippen LogP contribution < -0.4 is 14.9 Å². The topological polar surface area (TPSA) is 69.2 Å². The summed E-state index contributed by atoms with van der Waals surface area (Å²) in [6.07, 6.45) is -0.920. The number of fused-ring (bicyclic) bond motifs is 1. The van der Waals surface area contributed by atoms with Crippen LogP contribution in [-0.2, 0) is 4.74 Å². The van der Waals surface area contributed by atoms with E-state index in [9.17, 15) is 22.4 Å². The van der Waals surface area contributed by atoms with E-state index in [1.807, 2.05) is 0 Å². The molecule has 182 valence electrons. The number of ether oxygens (including phenoxy) is 3. The number of hydrogen-bond acceptors (Lipinski definition) is 6. The molecule has 0 unspecified atom stereocenters. The summed E-state index contributed by atoms with van der Waals surface area (Å²) < 4.78 is 71.5. The number of rotatable bonds is 7. The first kappa shape index (κ1) is 24.3. The minimum absolute atomic E-state index is 0.0656. The zero-order chi connectivity index (χ0) is 25.3. The first-order valence-electron chi connectivity index (χ1n) is 10.1. The van der Waals surface area contributed by atoms with Crippen LogP contribution in [0, 0.1) is 23.3 Å². The van der Waals surface area contributed by atoms with Crippen molar-refractivity contribution in [1.82, 2.24) is 0 Å². The second kappa shape index (κ2) is 9.83. The molecule has 4 rings (SSSR count). The van der Waals surface area contributed by atoms with Crippen LogP contribution in [0.1, 0.15) is 34.0 Å². The molecule has 1 atom stereocenters. The molecular formula is C24H17ClF4N2O4. The van der Waals surface area contributed by atoms with Crippen LogP contribution in [-0.4, -0.2) is 25.9 Å². The summed E-state index contributed by atoms with van der Waals surface area (Å²) >= 11 is 5.95. The van der Waals surface area contributed by atoms with Crippen molar-refractivity contribution in [3.8, 4) is 11.5 Å². The van der Waals surface area contributed by atoms with E-state index in [2.05, 4.69) is 10.5 Å². The van der Waals surface area contributed by atoms with Crippen molar-refractivity contribution in [1.29, 1.82) is 0 Å². The summed E-state index contributed by atoms with van der Waals surface area (Å²) in [5, 5.41) is 4.42. The van der Waals surface area contributed by atoms with E-state index in [4.69, 9.17) is 25.8 Å². The van der Waals surface area contributed by atoms with Gasteiger partial charge in [0, 0.05) is 23.1 Å². The van der Waals surface area contributed by atoms with E-state index in [-0.39, 0.29) is 29.5 Å². The smallest absolute Gasteiger partial charge is 0.343 e. The molecule has 1 aliphatic heterocycles. The lowest BCUT2D eigenvalue weighted by Gasteiger charge is -2.15. The Kier molecular flexibility index (Phi) is 6.83. The number of carbonyl (C=O) groups is 1. The summed E-state index contributed by atoms with van der Waals surface area (Å²) in [6, 6.07) is 9.58. The summed E-state index contributed by atoms with van der Waals surface area (Å²) in [6.45, 7) is 0.